The lowest BCUT2D eigenvalue weighted by molar-refractivity contribution is -0.116. The Kier molecular flexibility index (Phi) is 6.59. The zero-order valence-electron chi connectivity index (χ0n) is 16.1. The molecule has 8 heteroatoms. The average molecular weight is 431 g/mol. The van der Waals surface area contributed by atoms with Gasteiger partial charge in [0.1, 0.15) is 0 Å². The normalized spacial score (nSPS) is 14.8. The first-order chi connectivity index (χ1) is 14.2. The van der Waals surface area contributed by atoms with Gasteiger partial charge in [-0.15, -0.1) is 11.3 Å². The number of amides is 1. The minimum absolute atomic E-state index is 0.0960. The van der Waals surface area contributed by atoms with Crippen LogP contribution in [0.25, 0.3) is 11.3 Å². The highest BCUT2D eigenvalue weighted by Crippen LogP contribution is 2.28. The van der Waals surface area contributed by atoms with Crippen LogP contribution in [0, 0.1) is 0 Å². The summed E-state index contributed by atoms with van der Waals surface area (Å²) in [6, 6.07) is 7.44. The largest absolute Gasteiger partial charge is 0.441 e. The molecule has 0 radical (unpaired) electrons. The first kappa shape index (κ1) is 20.1. The zero-order chi connectivity index (χ0) is 20.1. The fourth-order valence-corrected chi connectivity index (χ4v) is 4.34. The van der Waals surface area contributed by atoms with Crippen molar-refractivity contribution in [2.45, 2.75) is 38.6 Å². The summed E-state index contributed by atoms with van der Waals surface area (Å²) >= 11 is 7.66. The van der Waals surface area contributed by atoms with Crippen LogP contribution in [0.5, 0.6) is 0 Å². The summed E-state index contributed by atoms with van der Waals surface area (Å²) in [6.45, 7) is 3.12. The van der Waals surface area contributed by atoms with Crippen molar-refractivity contribution in [1.82, 2.24) is 14.9 Å². The van der Waals surface area contributed by atoms with Gasteiger partial charge in [-0.3, -0.25) is 9.69 Å². The topological polar surface area (TPSA) is 71.3 Å². The number of hydrogen-bond acceptors (Lipinski definition) is 6. The molecule has 0 bridgehead atoms. The molecule has 0 aliphatic carbocycles. The lowest BCUT2D eigenvalue weighted by atomic mass is 10.1. The summed E-state index contributed by atoms with van der Waals surface area (Å²) in [7, 11) is 0. The molecule has 1 aromatic carbocycles. The molecule has 1 amide bonds. The standard InChI is InChI=1S/C21H23ClN4O2S/c22-17-7-3-2-6-16(17)18-12-23-20(28-18)9-8-19(27)25-21-24-15(14-29-21)13-26-10-4-1-5-11-26/h2-3,6-7,12,14H,1,4-5,8-11,13H2,(H,24,25,27). The number of carbonyl (C=O) groups is 1. The maximum atomic E-state index is 12.3. The second-order valence-electron chi connectivity index (χ2n) is 7.13. The summed E-state index contributed by atoms with van der Waals surface area (Å²) in [5.41, 5.74) is 1.81. The second kappa shape index (κ2) is 9.52. The minimum atomic E-state index is -0.0960. The number of aryl methyl sites for hydroxylation is 1. The van der Waals surface area contributed by atoms with Gasteiger partial charge in [0, 0.05) is 30.3 Å². The fraction of sp³-hybridized carbons (Fsp3) is 0.381. The van der Waals surface area contributed by atoms with Gasteiger partial charge in [0.05, 0.1) is 16.9 Å². The molecular formula is C21H23ClN4O2S. The Labute approximate surface area is 178 Å². The third-order valence-corrected chi connectivity index (χ3v) is 6.03. The van der Waals surface area contributed by atoms with Crippen LogP contribution in [0.2, 0.25) is 5.02 Å². The lowest BCUT2D eigenvalue weighted by Gasteiger charge is -2.25. The number of likely N-dealkylation sites (tertiary alicyclic amines) is 1. The zero-order valence-corrected chi connectivity index (χ0v) is 17.6. The smallest absolute Gasteiger partial charge is 0.226 e. The Morgan fingerprint density at radius 3 is 2.90 bits per heavy atom. The molecule has 4 rings (SSSR count). The SMILES string of the molecule is O=C(CCc1ncc(-c2ccccc2Cl)o1)Nc1nc(CN2CCCCC2)cs1. The lowest BCUT2D eigenvalue weighted by Crippen LogP contribution is -2.29. The highest BCUT2D eigenvalue weighted by atomic mass is 35.5. The minimum Gasteiger partial charge on any atom is -0.441 e. The van der Waals surface area contributed by atoms with E-state index >= 15 is 0 Å². The van der Waals surface area contributed by atoms with Crippen molar-refractivity contribution in [1.29, 1.82) is 0 Å². The number of halogens is 1. The number of carbonyl (C=O) groups excluding carboxylic acids is 1. The number of hydrogen-bond donors (Lipinski definition) is 1. The second-order valence-corrected chi connectivity index (χ2v) is 8.39. The van der Waals surface area contributed by atoms with Crippen molar-refractivity contribution in [2.75, 3.05) is 18.4 Å². The van der Waals surface area contributed by atoms with Crippen molar-refractivity contribution in [3.63, 3.8) is 0 Å². The first-order valence-corrected chi connectivity index (χ1v) is 11.1. The van der Waals surface area contributed by atoms with E-state index in [1.54, 1.807) is 12.3 Å². The number of thiazole rings is 1. The van der Waals surface area contributed by atoms with Crippen molar-refractivity contribution < 1.29 is 9.21 Å². The molecule has 3 heterocycles. The Balaban J connectivity index is 1.27. The molecule has 2 aromatic heterocycles. The maximum Gasteiger partial charge on any atom is 0.226 e. The van der Waals surface area contributed by atoms with Crippen LogP contribution in [-0.2, 0) is 17.8 Å². The quantitative estimate of drug-likeness (QED) is 0.570. The Bertz CT molecular complexity index is 965. The van der Waals surface area contributed by atoms with Crippen LogP contribution in [0.1, 0.15) is 37.3 Å². The molecule has 3 aromatic rings. The third kappa shape index (κ3) is 5.44. The monoisotopic (exact) mass is 430 g/mol. The van der Waals surface area contributed by atoms with Gasteiger partial charge in [0.15, 0.2) is 16.8 Å². The highest BCUT2D eigenvalue weighted by molar-refractivity contribution is 7.13. The van der Waals surface area contributed by atoms with Crippen LogP contribution in [0.3, 0.4) is 0 Å². The fourth-order valence-electron chi connectivity index (χ4n) is 3.40. The van der Waals surface area contributed by atoms with Gasteiger partial charge in [-0.1, -0.05) is 30.2 Å². The number of nitrogens with zero attached hydrogens (tertiary/aromatic N) is 3. The summed E-state index contributed by atoms with van der Waals surface area (Å²) in [4.78, 5) is 23.5. The summed E-state index contributed by atoms with van der Waals surface area (Å²) in [5, 5.41) is 6.15. The van der Waals surface area contributed by atoms with E-state index in [0.29, 0.717) is 28.2 Å². The van der Waals surface area contributed by atoms with Gasteiger partial charge in [0.2, 0.25) is 5.91 Å². The van der Waals surface area contributed by atoms with Gasteiger partial charge in [-0.2, -0.15) is 0 Å². The van der Waals surface area contributed by atoms with Crippen molar-refractivity contribution in [3.8, 4) is 11.3 Å². The molecule has 0 saturated carbocycles. The van der Waals surface area contributed by atoms with Crippen LogP contribution in [0.15, 0.2) is 40.3 Å². The van der Waals surface area contributed by atoms with E-state index in [4.69, 9.17) is 16.0 Å². The molecule has 29 heavy (non-hydrogen) atoms. The van der Waals surface area contributed by atoms with Gasteiger partial charge in [-0.05, 0) is 38.1 Å². The van der Waals surface area contributed by atoms with Crippen LogP contribution >= 0.6 is 22.9 Å². The van der Waals surface area contributed by atoms with E-state index in [-0.39, 0.29) is 12.3 Å². The van der Waals surface area contributed by atoms with E-state index in [1.165, 1.54) is 30.6 Å². The molecule has 1 saturated heterocycles. The molecule has 1 aliphatic rings. The predicted molar refractivity (Wildman–Crippen MR) is 115 cm³/mol. The number of aromatic nitrogens is 2. The molecule has 1 N–H and O–H groups in total. The molecule has 152 valence electrons. The Hall–Kier alpha value is -2.22. The Morgan fingerprint density at radius 1 is 1.24 bits per heavy atom. The highest BCUT2D eigenvalue weighted by Gasteiger charge is 2.14. The van der Waals surface area contributed by atoms with E-state index in [2.05, 4.69) is 20.2 Å². The summed E-state index contributed by atoms with van der Waals surface area (Å²) in [6.07, 6.45) is 6.17. The predicted octanol–water partition coefficient (Wildman–Crippen LogP) is 5.01. The van der Waals surface area contributed by atoms with Crippen LogP contribution in [0.4, 0.5) is 5.13 Å². The average Bonchev–Trinajstić information content (AvgIpc) is 3.37. The molecule has 0 atom stereocenters. The maximum absolute atomic E-state index is 12.3. The van der Waals surface area contributed by atoms with E-state index in [1.807, 2.05) is 23.6 Å². The van der Waals surface area contributed by atoms with Gasteiger partial charge in [0.25, 0.3) is 0 Å². The number of oxazole rings is 1. The van der Waals surface area contributed by atoms with Crippen molar-refractivity contribution in [3.05, 3.63) is 52.4 Å². The number of anilines is 1. The third-order valence-electron chi connectivity index (χ3n) is 4.89. The molecule has 6 nitrogen and oxygen atoms in total. The molecule has 0 spiro atoms. The van der Waals surface area contributed by atoms with Crippen LogP contribution in [-0.4, -0.2) is 33.9 Å². The summed E-state index contributed by atoms with van der Waals surface area (Å²) in [5.74, 6) is 1.02. The number of rotatable bonds is 7. The molecule has 0 unspecified atom stereocenters. The van der Waals surface area contributed by atoms with E-state index in [9.17, 15) is 4.79 Å². The van der Waals surface area contributed by atoms with E-state index in [0.717, 1.165) is 30.9 Å². The Morgan fingerprint density at radius 2 is 2.07 bits per heavy atom. The van der Waals surface area contributed by atoms with Gasteiger partial charge in [-0.25, -0.2) is 9.97 Å². The molecular weight excluding hydrogens is 408 g/mol. The number of benzene rings is 1. The number of piperidine rings is 1. The van der Waals surface area contributed by atoms with Crippen molar-refractivity contribution in [2.24, 2.45) is 0 Å². The summed E-state index contributed by atoms with van der Waals surface area (Å²) < 4.78 is 5.75. The van der Waals surface area contributed by atoms with Gasteiger partial charge >= 0.3 is 0 Å². The van der Waals surface area contributed by atoms with E-state index < -0.39 is 0 Å². The van der Waals surface area contributed by atoms with Crippen LogP contribution < -0.4 is 5.32 Å². The van der Waals surface area contributed by atoms with Gasteiger partial charge < -0.3 is 9.73 Å². The number of nitrogens with one attached hydrogen (secondary N) is 1. The van der Waals surface area contributed by atoms with Crippen molar-refractivity contribution >= 4 is 34.0 Å². The molecule has 1 fully saturated rings. The molecule has 1 aliphatic heterocycles. The first-order valence-electron chi connectivity index (χ1n) is 9.83.